The molecule has 7 heteroatoms. The molecule has 0 aliphatic carbocycles. The van der Waals surface area contributed by atoms with Gasteiger partial charge >= 0.3 is 0 Å². The maximum Gasteiger partial charge on any atom is 0.259 e. The van der Waals surface area contributed by atoms with Crippen molar-refractivity contribution in [3.63, 3.8) is 0 Å². The summed E-state index contributed by atoms with van der Waals surface area (Å²) in [6, 6.07) is 9.26. The summed E-state index contributed by atoms with van der Waals surface area (Å²) in [5.41, 5.74) is 0.856. The van der Waals surface area contributed by atoms with E-state index < -0.39 is 0 Å². The summed E-state index contributed by atoms with van der Waals surface area (Å²) < 4.78 is 5.21. The van der Waals surface area contributed by atoms with Gasteiger partial charge in [-0.25, -0.2) is 0 Å². The molecule has 0 atom stereocenters. The van der Waals surface area contributed by atoms with E-state index in [0.29, 0.717) is 24.3 Å². The average molecular weight is 338 g/mol. The van der Waals surface area contributed by atoms with Crippen LogP contribution >= 0.6 is 0 Å². The van der Waals surface area contributed by atoms with Gasteiger partial charge in [0.25, 0.3) is 5.56 Å². The van der Waals surface area contributed by atoms with Crippen LogP contribution in [0.3, 0.4) is 0 Å². The van der Waals surface area contributed by atoms with Crippen LogP contribution in [-0.2, 0) is 11.2 Å². The second kappa shape index (κ2) is 6.51. The molecule has 1 aliphatic rings. The van der Waals surface area contributed by atoms with Crippen molar-refractivity contribution < 1.29 is 9.32 Å². The number of hydrogen-bond donors (Lipinski definition) is 1. The topological polar surface area (TPSA) is 92.1 Å². The Morgan fingerprint density at radius 3 is 2.88 bits per heavy atom. The van der Waals surface area contributed by atoms with Gasteiger partial charge in [-0.1, -0.05) is 23.4 Å². The number of benzene rings is 1. The SMILES string of the molecule is O=C(CCc1nc(-c2cc3ccccc3[nH]c2=O)no1)N1CCCC1. The Kier molecular flexibility index (Phi) is 4.05. The Morgan fingerprint density at radius 1 is 1.24 bits per heavy atom. The molecule has 1 fully saturated rings. The van der Waals surface area contributed by atoms with Crippen LogP contribution in [0.25, 0.3) is 22.3 Å². The first-order chi connectivity index (χ1) is 12.2. The number of rotatable bonds is 4. The zero-order valence-corrected chi connectivity index (χ0v) is 13.7. The zero-order chi connectivity index (χ0) is 17.2. The van der Waals surface area contributed by atoms with Crippen LogP contribution < -0.4 is 5.56 Å². The third kappa shape index (κ3) is 3.17. The molecule has 2 aromatic heterocycles. The molecule has 1 saturated heterocycles. The number of likely N-dealkylation sites (tertiary alicyclic amines) is 1. The predicted octanol–water partition coefficient (Wildman–Crippen LogP) is 2.13. The van der Waals surface area contributed by atoms with Crippen molar-refractivity contribution in [2.24, 2.45) is 0 Å². The summed E-state index contributed by atoms with van der Waals surface area (Å²) in [4.78, 5) is 33.3. The van der Waals surface area contributed by atoms with Crippen LogP contribution in [-0.4, -0.2) is 39.0 Å². The van der Waals surface area contributed by atoms with Gasteiger partial charge in [-0.3, -0.25) is 9.59 Å². The molecule has 3 heterocycles. The highest BCUT2D eigenvalue weighted by Crippen LogP contribution is 2.18. The minimum Gasteiger partial charge on any atom is -0.343 e. The van der Waals surface area contributed by atoms with E-state index in [1.807, 2.05) is 29.2 Å². The van der Waals surface area contributed by atoms with Gasteiger partial charge in [0, 0.05) is 31.4 Å². The van der Waals surface area contributed by atoms with Gasteiger partial charge in [0.1, 0.15) is 0 Å². The molecule has 128 valence electrons. The van der Waals surface area contributed by atoms with Crippen LogP contribution in [0.1, 0.15) is 25.2 Å². The lowest BCUT2D eigenvalue weighted by atomic mass is 10.1. The number of fused-ring (bicyclic) bond motifs is 1. The zero-order valence-electron chi connectivity index (χ0n) is 13.7. The number of aromatic amines is 1. The number of nitrogens with zero attached hydrogens (tertiary/aromatic N) is 3. The lowest BCUT2D eigenvalue weighted by Crippen LogP contribution is -2.27. The largest absolute Gasteiger partial charge is 0.343 e. The number of carbonyl (C=O) groups is 1. The number of aromatic nitrogens is 3. The smallest absolute Gasteiger partial charge is 0.259 e. The van der Waals surface area contributed by atoms with Crippen molar-refractivity contribution in [3.05, 3.63) is 46.6 Å². The quantitative estimate of drug-likeness (QED) is 0.787. The second-order valence-electron chi connectivity index (χ2n) is 6.20. The lowest BCUT2D eigenvalue weighted by Gasteiger charge is -2.13. The van der Waals surface area contributed by atoms with E-state index in [0.717, 1.165) is 36.8 Å². The van der Waals surface area contributed by atoms with E-state index in [2.05, 4.69) is 15.1 Å². The van der Waals surface area contributed by atoms with Crippen molar-refractivity contribution in [1.82, 2.24) is 20.0 Å². The van der Waals surface area contributed by atoms with Gasteiger partial charge in [-0.15, -0.1) is 0 Å². The number of para-hydroxylation sites is 1. The molecule has 25 heavy (non-hydrogen) atoms. The molecule has 7 nitrogen and oxygen atoms in total. The van der Waals surface area contributed by atoms with Crippen molar-refractivity contribution >= 4 is 16.8 Å². The summed E-state index contributed by atoms with van der Waals surface area (Å²) in [5.74, 6) is 0.728. The van der Waals surface area contributed by atoms with Crippen molar-refractivity contribution in [1.29, 1.82) is 0 Å². The molecular weight excluding hydrogens is 320 g/mol. The molecule has 1 aromatic carbocycles. The number of aryl methyl sites for hydroxylation is 1. The fraction of sp³-hybridized carbons (Fsp3) is 0.333. The van der Waals surface area contributed by atoms with Crippen LogP contribution in [0.5, 0.6) is 0 Å². The van der Waals surface area contributed by atoms with Gasteiger partial charge in [0.15, 0.2) is 0 Å². The first-order valence-corrected chi connectivity index (χ1v) is 8.43. The number of H-pyrrole nitrogens is 1. The molecule has 3 aromatic rings. The van der Waals surface area contributed by atoms with Crippen molar-refractivity contribution in [2.75, 3.05) is 13.1 Å². The molecule has 0 spiro atoms. The Morgan fingerprint density at radius 2 is 2.04 bits per heavy atom. The number of hydrogen-bond acceptors (Lipinski definition) is 5. The van der Waals surface area contributed by atoms with E-state index >= 15 is 0 Å². The van der Waals surface area contributed by atoms with Crippen molar-refractivity contribution in [2.45, 2.75) is 25.7 Å². The maximum absolute atomic E-state index is 12.2. The summed E-state index contributed by atoms with van der Waals surface area (Å²) in [7, 11) is 0. The van der Waals surface area contributed by atoms with E-state index in [-0.39, 0.29) is 17.3 Å². The first kappa shape index (κ1) is 15.6. The monoisotopic (exact) mass is 338 g/mol. The molecular formula is C18H18N4O3. The maximum atomic E-state index is 12.2. The third-order valence-electron chi connectivity index (χ3n) is 4.47. The van der Waals surface area contributed by atoms with Crippen LogP contribution in [0.15, 0.2) is 39.6 Å². The summed E-state index contributed by atoms with van der Waals surface area (Å²) in [5, 5.41) is 4.79. The molecule has 1 aliphatic heterocycles. The Balaban J connectivity index is 1.52. The number of amides is 1. The summed E-state index contributed by atoms with van der Waals surface area (Å²) in [6.07, 6.45) is 2.87. The molecule has 0 saturated carbocycles. The molecule has 0 radical (unpaired) electrons. The fourth-order valence-electron chi connectivity index (χ4n) is 3.12. The fourth-order valence-corrected chi connectivity index (χ4v) is 3.12. The molecule has 1 N–H and O–H groups in total. The Bertz CT molecular complexity index is 970. The molecule has 0 unspecified atom stereocenters. The number of pyridine rings is 1. The van der Waals surface area contributed by atoms with Crippen LogP contribution in [0, 0.1) is 0 Å². The number of nitrogens with one attached hydrogen (secondary N) is 1. The minimum absolute atomic E-state index is 0.112. The number of carbonyl (C=O) groups excluding carboxylic acids is 1. The van der Waals surface area contributed by atoms with Gasteiger partial charge in [-0.05, 0) is 30.4 Å². The van der Waals surface area contributed by atoms with E-state index in [4.69, 9.17) is 4.52 Å². The van der Waals surface area contributed by atoms with Gasteiger partial charge in [0.05, 0.1) is 5.56 Å². The van der Waals surface area contributed by atoms with Gasteiger partial charge in [-0.2, -0.15) is 4.98 Å². The molecule has 0 bridgehead atoms. The van der Waals surface area contributed by atoms with E-state index in [1.165, 1.54) is 0 Å². The highest BCUT2D eigenvalue weighted by atomic mass is 16.5. The minimum atomic E-state index is -0.265. The predicted molar refractivity (Wildman–Crippen MR) is 92.0 cm³/mol. The third-order valence-corrected chi connectivity index (χ3v) is 4.47. The molecule has 4 rings (SSSR count). The van der Waals surface area contributed by atoms with E-state index in [1.54, 1.807) is 6.07 Å². The summed E-state index contributed by atoms with van der Waals surface area (Å²) >= 11 is 0. The normalized spacial score (nSPS) is 14.3. The van der Waals surface area contributed by atoms with Gasteiger partial charge in [0.2, 0.25) is 17.6 Å². The molecule has 1 amide bonds. The highest BCUT2D eigenvalue weighted by Gasteiger charge is 2.19. The Labute approximate surface area is 143 Å². The lowest BCUT2D eigenvalue weighted by molar-refractivity contribution is -0.130. The van der Waals surface area contributed by atoms with E-state index in [9.17, 15) is 9.59 Å². The first-order valence-electron chi connectivity index (χ1n) is 8.43. The van der Waals surface area contributed by atoms with Crippen LogP contribution in [0.4, 0.5) is 0 Å². The van der Waals surface area contributed by atoms with Crippen molar-refractivity contribution in [3.8, 4) is 11.4 Å². The van der Waals surface area contributed by atoms with Crippen LogP contribution in [0.2, 0.25) is 0 Å². The highest BCUT2D eigenvalue weighted by molar-refractivity contribution is 5.82. The average Bonchev–Trinajstić information content (AvgIpc) is 3.31. The second-order valence-corrected chi connectivity index (χ2v) is 6.20. The Hall–Kier alpha value is -2.96. The summed E-state index contributed by atoms with van der Waals surface area (Å²) in [6.45, 7) is 1.67. The standard InChI is InChI=1S/C18H18N4O3/c23-16(22-9-3-4-10-22)8-7-15-20-17(21-25-15)13-11-12-5-1-2-6-14(12)19-18(13)24/h1-2,5-6,11H,3-4,7-10H2,(H,19,24). The van der Waals surface area contributed by atoms with Gasteiger partial charge < -0.3 is 14.4 Å².